The van der Waals surface area contributed by atoms with Crippen LogP contribution in [0, 0.1) is 11.3 Å². The predicted octanol–water partition coefficient (Wildman–Crippen LogP) is 2.88. The highest BCUT2D eigenvalue weighted by Crippen LogP contribution is 2.36. The van der Waals surface area contributed by atoms with Crippen LogP contribution >= 0.6 is 0 Å². The molecule has 1 aliphatic rings. The van der Waals surface area contributed by atoms with Crippen molar-refractivity contribution >= 4 is 5.91 Å². The number of carbonyl (C=O) groups is 1. The van der Waals surface area contributed by atoms with Crippen molar-refractivity contribution in [3.8, 4) is 11.8 Å². The number of carbonyl (C=O) groups excluding carboxylic acids is 1. The summed E-state index contributed by atoms with van der Waals surface area (Å²) in [7, 11) is 3.45. The number of ether oxygens (including phenoxy) is 1. The first-order valence-electron chi connectivity index (χ1n) is 7.43. The molecule has 1 aromatic rings. The number of hydrogen-bond donors (Lipinski definition) is 0. The lowest BCUT2D eigenvalue weighted by Crippen LogP contribution is -2.29. The Labute approximate surface area is 126 Å². The number of fused-ring (bicyclic) bond motifs is 1. The van der Waals surface area contributed by atoms with E-state index in [4.69, 9.17) is 10.00 Å². The lowest BCUT2D eigenvalue weighted by molar-refractivity contribution is -0.130. The zero-order valence-corrected chi connectivity index (χ0v) is 12.8. The van der Waals surface area contributed by atoms with Gasteiger partial charge >= 0.3 is 0 Å². The molecule has 0 unspecified atom stereocenters. The fraction of sp³-hybridized carbons (Fsp3) is 0.529. The van der Waals surface area contributed by atoms with E-state index in [0.29, 0.717) is 19.4 Å². The summed E-state index contributed by atoms with van der Waals surface area (Å²) in [5.41, 5.74) is 2.59. The number of rotatable bonds is 5. The third-order valence-corrected chi connectivity index (χ3v) is 4.19. The Morgan fingerprint density at radius 3 is 3.05 bits per heavy atom. The van der Waals surface area contributed by atoms with Gasteiger partial charge in [0.1, 0.15) is 5.75 Å². The maximum Gasteiger partial charge on any atom is 0.222 e. The van der Waals surface area contributed by atoms with Crippen LogP contribution in [0.3, 0.4) is 0 Å². The molecule has 0 fully saturated rings. The zero-order valence-electron chi connectivity index (χ0n) is 12.8. The molecule has 4 nitrogen and oxygen atoms in total. The zero-order chi connectivity index (χ0) is 15.2. The number of benzene rings is 1. The van der Waals surface area contributed by atoms with E-state index in [0.717, 1.165) is 25.0 Å². The summed E-state index contributed by atoms with van der Waals surface area (Å²) < 4.78 is 5.27. The van der Waals surface area contributed by atoms with Crippen molar-refractivity contribution in [3.05, 3.63) is 29.3 Å². The van der Waals surface area contributed by atoms with Crippen LogP contribution in [0.25, 0.3) is 0 Å². The summed E-state index contributed by atoms with van der Waals surface area (Å²) in [5, 5.41) is 8.60. The largest absolute Gasteiger partial charge is 0.497 e. The summed E-state index contributed by atoms with van der Waals surface area (Å²) in [6.07, 6.45) is 4.14. The minimum atomic E-state index is 0.124. The van der Waals surface area contributed by atoms with E-state index in [1.807, 2.05) is 6.07 Å². The monoisotopic (exact) mass is 286 g/mol. The quantitative estimate of drug-likeness (QED) is 0.836. The van der Waals surface area contributed by atoms with Gasteiger partial charge in [-0.1, -0.05) is 6.07 Å². The molecular formula is C17H22N2O2. The molecular weight excluding hydrogens is 264 g/mol. The maximum atomic E-state index is 12.2. The molecule has 0 bridgehead atoms. The molecule has 0 spiro atoms. The van der Waals surface area contributed by atoms with Crippen LogP contribution in [0.15, 0.2) is 18.2 Å². The van der Waals surface area contributed by atoms with Gasteiger partial charge in [-0.2, -0.15) is 5.26 Å². The number of aryl methyl sites for hydroxylation is 1. The highest BCUT2D eigenvalue weighted by molar-refractivity contribution is 5.77. The van der Waals surface area contributed by atoms with Crippen molar-refractivity contribution in [2.24, 2.45) is 0 Å². The highest BCUT2D eigenvalue weighted by Gasteiger charge is 2.24. The molecule has 1 aromatic carbocycles. The minimum Gasteiger partial charge on any atom is -0.497 e. The van der Waals surface area contributed by atoms with Gasteiger partial charge in [0.2, 0.25) is 5.91 Å². The van der Waals surface area contributed by atoms with Crippen molar-refractivity contribution < 1.29 is 9.53 Å². The van der Waals surface area contributed by atoms with Crippen LogP contribution in [-0.2, 0) is 11.2 Å². The Morgan fingerprint density at radius 2 is 2.33 bits per heavy atom. The molecule has 21 heavy (non-hydrogen) atoms. The molecule has 0 N–H and O–H groups in total. The number of nitriles is 1. The van der Waals surface area contributed by atoms with E-state index in [9.17, 15) is 4.79 Å². The van der Waals surface area contributed by atoms with E-state index in [2.05, 4.69) is 18.2 Å². The van der Waals surface area contributed by atoms with E-state index >= 15 is 0 Å². The highest BCUT2D eigenvalue weighted by atomic mass is 16.5. The van der Waals surface area contributed by atoms with Gasteiger partial charge in [-0.05, 0) is 48.4 Å². The van der Waals surface area contributed by atoms with Gasteiger partial charge in [-0.15, -0.1) is 0 Å². The first kappa shape index (κ1) is 15.4. The predicted molar refractivity (Wildman–Crippen MR) is 81.2 cm³/mol. The molecule has 2 rings (SSSR count). The molecule has 4 heteroatoms. The average Bonchev–Trinajstić information content (AvgIpc) is 2.52. The molecule has 1 atom stereocenters. The van der Waals surface area contributed by atoms with Crippen molar-refractivity contribution in [3.63, 3.8) is 0 Å². The Bertz CT molecular complexity index is 548. The van der Waals surface area contributed by atoms with Gasteiger partial charge in [0, 0.05) is 20.0 Å². The summed E-state index contributed by atoms with van der Waals surface area (Å²) in [5.74, 6) is 1.29. The summed E-state index contributed by atoms with van der Waals surface area (Å²) >= 11 is 0. The number of nitrogens with zero attached hydrogens (tertiary/aromatic N) is 2. The van der Waals surface area contributed by atoms with Gasteiger partial charge in [0.15, 0.2) is 0 Å². The molecule has 0 saturated heterocycles. The van der Waals surface area contributed by atoms with Crippen LogP contribution in [-0.4, -0.2) is 31.5 Å². The Morgan fingerprint density at radius 1 is 1.52 bits per heavy atom. The Kier molecular flexibility index (Phi) is 5.21. The van der Waals surface area contributed by atoms with Crippen LogP contribution in [0.2, 0.25) is 0 Å². The Hall–Kier alpha value is -2.02. The maximum absolute atomic E-state index is 12.2. The van der Waals surface area contributed by atoms with Gasteiger partial charge in [0.05, 0.1) is 19.6 Å². The fourth-order valence-corrected chi connectivity index (χ4v) is 2.94. The second-order valence-corrected chi connectivity index (χ2v) is 5.58. The third-order valence-electron chi connectivity index (χ3n) is 4.19. The second kappa shape index (κ2) is 7.12. The number of hydrogen-bond acceptors (Lipinski definition) is 3. The van der Waals surface area contributed by atoms with E-state index in [1.165, 1.54) is 11.1 Å². The minimum absolute atomic E-state index is 0.124. The molecule has 0 aliphatic heterocycles. The first-order valence-corrected chi connectivity index (χ1v) is 7.43. The van der Waals surface area contributed by atoms with Crippen molar-refractivity contribution in [1.82, 2.24) is 4.90 Å². The smallest absolute Gasteiger partial charge is 0.222 e. The first-order chi connectivity index (χ1) is 10.2. The lowest BCUT2D eigenvalue weighted by atomic mass is 9.81. The van der Waals surface area contributed by atoms with Crippen LogP contribution in [0.5, 0.6) is 5.75 Å². The number of methoxy groups -OCH3 is 1. The molecule has 0 saturated carbocycles. The molecule has 112 valence electrons. The van der Waals surface area contributed by atoms with E-state index in [1.54, 1.807) is 19.1 Å². The topological polar surface area (TPSA) is 53.3 Å². The summed E-state index contributed by atoms with van der Waals surface area (Å²) in [4.78, 5) is 13.9. The van der Waals surface area contributed by atoms with Crippen LogP contribution < -0.4 is 4.74 Å². The van der Waals surface area contributed by atoms with Crippen LogP contribution in [0.1, 0.15) is 42.7 Å². The van der Waals surface area contributed by atoms with Gasteiger partial charge in [-0.3, -0.25) is 4.79 Å². The van der Waals surface area contributed by atoms with Crippen molar-refractivity contribution in [2.75, 3.05) is 20.7 Å². The molecule has 1 aliphatic carbocycles. The SMILES string of the molecule is COc1ccc2c(c1)CCC[C@@H]2CC(=O)N(C)CCC#N. The standard InChI is InChI=1S/C17H22N2O2/c1-19(10-4-9-18)17(20)12-14-6-3-5-13-11-15(21-2)7-8-16(13)14/h7-8,11,14H,3-6,10,12H2,1-2H3/t14-/m1/s1. The second-order valence-electron chi connectivity index (χ2n) is 5.58. The molecule has 0 heterocycles. The van der Waals surface area contributed by atoms with Crippen LogP contribution in [0.4, 0.5) is 0 Å². The average molecular weight is 286 g/mol. The van der Waals surface area contributed by atoms with Gasteiger partial charge in [-0.25, -0.2) is 0 Å². The van der Waals surface area contributed by atoms with Crippen molar-refractivity contribution in [2.45, 2.75) is 38.0 Å². The lowest BCUT2D eigenvalue weighted by Gasteiger charge is -2.27. The third kappa shape index (κ3) is 3.75. The Balaban J connectivity index is 2.06. The number of amides is 1. The van der Waals surface area contributed by atoms with Crippen molar-refractivity contribution in [1.29, 1.82) is 5.26 Å². The van der Waals surface area contributed by atoms with E-state index in [-0.39, 0.29) is 11.8 Å². The van der Waals surface area contributed by atoms with Gasteiger partial charge in [0.25, 0.3) is 0 Å². The normalized spacial score (nSPS) is 16.7. The fourth-order valence-electron chi connectivity index (χ4n) is 2.94. The van der Waals surface area contributed by atoms with Gasteiger partial charge < -0.3 is 9.64 Å². The molecule has 1 amide bonds. The molecule has 0 aromatic heterocycles. The van der Waals surface area contributed by atoms with E-state index < -0.39 is 0 Å². The summed E-state index contributed by atoms with van der Waals surface area (Å²) in [6, 6.07) is 8.24. The summed E-state index contributed by atoms with van der Waals surface area (Å²) in [6.45, 7) is 0.511. The molecule has 0 radical (unpaired) electrons.